The lowest BCUT2D eigenvalue weighted by atomic mass is 9.96. The van der Waals surface area contributed by atoms with Crippen LogP contribution < -0.4 is 16.4 Å². The van der Waals surface area contributed by atoms with Crippen molar-refractivity contribution in [3.63, 3.8) is 0 Å². The quantitative estimate of drug-likeness (QED) is 0.416. The lowest BCUT2D eigenvalue weighted by Crippen LogP contribution is -2.48. The van der Waals surface area contributed by atoms with E-state index < -0.39 is 11.8 Å². The van der Waals surface area contributed by atoms with Crippen molar-refractivity contribution in [2.75, 3.05) is 26.2 Å². The molecule has 3 rings (SSSR count). The van der Waals surface area contributed by atoms with Gasteiger partial charge in [-0.25, -0.2) is 0 Å². The smallest absolute Gasteiger partial charge is 0.311 e. The van der Waals surface area contributed by atoms with Crippen LogP contribution in [0, 0.1) is 5.92 Å². The van der Waals surface area contributed by atoms with E-state index in [1.165, 1.54) is 4.90 Å². The summed E-state index contributed by atoms with van der Waals surface area (Å²) in [6.45, 7) is 0.985. The van der Waals surface area contributed by atoms with Gasteiger partial charge >= 0.3 is 11.8 Å². The van der Waals surface area contributed by atoms with Crippen LogP contribution in [-0.2, 0) is 14.4 Å². The first-order valence-corrected chi connectivity index (χ1v) is 9.18. The number of primary amides is 1. The van der Waals surface area contributed by atoms with Crippen molar-refractivity contribution in [2.24, 2.45) is 11.7 Å². The van der Waals surface area contributed by atoms with Gasteiger partial charge in [0.2, 0.25) is 5.91 Å². The van der Waals surface area contributed by atoms with Crippen LogP contribution in [0.25, 0.3) is 10.9 Å². The molecule has 2 aromatic rings. The Hall–Kier alpha value is -3.36. The molecule has 9 nitrogen and oxygen atoms in total. The fraction of sp³-hybridized carbons (Fsp3) is 0.368. The summed E-state index contributed by atoms with van der Waals surface area (Å²) >= 11 is 0. The van der Waals surface area contributed by atoms with Crippen LogP contribution in [0.15, 0.2) is 30.3 Å². The third kappa shape index (κ3) is 4.48. The molecule has 1 aromatic carbocycles. The average Bonchev–Trinajstić information content (AvgIpc) is 3.14. The average molecular weight is 385 g/mol. The van der Waals surface area contributed by atoms with Crippen molar-refractivity contribution >= 4 is 34.5 Å². The van der Waals surface area contributed by atoms with Crippen LogP contribution in [0.1, 0.15) is 23.3 Å². The Bertz CT molecular complexity index is 866. The molecule has 0 atom stereocenters. The summed E-state index contributed by atoms with van der Waals surface area (Å²) in [5, 5.41) is 6.13. The molecule has 1 saturated heterocycles. The number of nitrogens with zero attached hydrogens (tertiary/aromatic N) is 1. The topological polar surface area (TPSA) is 137 Å². The van der Waals surface area contributed by atoms with Gasteiger partial charge in [-0.05, 0) is 25.0 Å². The molecule has 1 aliphatic rings. The zero-order valence-electron chi connectivity index (χ0n) is 15.4. The normalized spacial score (nSPS) is 14.6. The number of carbonyl (C=O) groups excluding carboxylic acids is 4. The first-order chi connectivity index (χ1) is 13.5. The number of amides is 4. The van der Waals surface area contributed by atoms with E-state index in [0.29, 0.717) is 31.6 Å². The van der Waals surface area contributed by atoms with E-state index >= 15 is 0 Å². The summed E-state index contributed by atoms with van der Waals surface area (Å²) in [6.07, 6.45) is 0.934. The highest BCUT2D eigenvalue weighted by Crippen LogP contribution is 2.16. The second-order valence-electron chi connectivity index (χ2n) is 6.75. The molecule has 28 heavy (non-hydrogen) atoms. The number of benzene rings is 1. The van der Waals surface area contributed by atoms with Crippen molar-refractivity contribution in [1.29, 1.82) is 0 Å². The van der Waals surface area contributed by atoms with E-state index in [-0.39, 0.29) is 30.8 Å². The molecule has 0 spiro atoms. The van der Waals surface area contributed by atoms with Crippen LogP contribution in [-0.4, -0.2) is 59.7 Å². The number of carbonyl (C=O) groups is 4. The Morgan fingerprint density at radius 1 is 1.07 bits per heavy atom. The molecule has 0 radical (unpaired) electrons. The number of nitrogens with one attached hydrogen (secondary N) is 3. The van der Waals surface area contributed by atoms with Crippen molar-refractivity contribution in [3.8, 4) is 0 Å². The van der Waals surface area contributed by atoms with Gasteiger partial charge in [0.15, 0.2) is 0 Å². The van der Waals surface area contributed by atoms with Crippen LogP contribution in [0.4, 0.5) is 0 Å². The molecule has 9 heteroatoms. The van der Waals surface area contributed by atoms with Gasteiger partial charge in [-0.3, -0.25) is 19.2 Å². The van der Waals surface area contributed by atoms with Crippen LogP contribution >= 0.6 is 0 Å². The molecule has 1 fully saturated rings. The van der Waals surface area contributed by atoms with Gasteiger partial charge < -0.3 is 26.3 Å². The number of aromatic amines is 1. The monoisotopic (exact) mass is 385 g/mol. The van der Waals surface area contributed by atoms with Crippen molar-refractivity contribution in [3.05, 3.63) is 36.0 Å². The van der Waals surface area contributed by atoms with Gasteiger partial charge in [0, 0.05) is 43.0 Å². The number of nitrogens with two attached hydrogens (primary N) is 1. The fourth-order valence-corrected chi connectivity index (χ4v) is 3.23. The van der Waals surface area contributed by atoms with Gasteiger partial charge in [0.1, 0.15) is 5.69 Å². The standard InChI is InChI=1S/C19H23N5O4/c20-16(25)12-5-9-24(10-6-12)19(28)18(27)22-8-7-21-17(26)15-11-13-3-1-2-4-14(13)23-15/h1-4,11-12,23H,5-10H2,(H2,20,25)(H,21,26)(H,22,27). The van der Waals surface area contributed by atoms with E-state index in [0.717, 1.165) is 10.9 Å². The number of aromatic nitrogens is 1. The Labute approximate surface area is 161 Å². The largest absolute Gasteiger partial charge is 0.369 e. The number of para-hydroxylation sites is 1. The number of likely N-dealkylation sites (tertiary alicyclic amines) is 1. The number of H-pyrrole nitrogens is 1. The van der Waals surface area contributed by atoms with Crippen molar-refractivity contribution in [1.82, 2.24) is 20.5 Å². The van der Waals surface area contributed by atoms with Crippen molar-refractivity contribution in [2.45, 2.75) is 12.8 Å². The lowest BCUT2D eigenvalue weighted by Gasteiger charge is -2.29. The minimum Gasteiger partial charge on any atom is -0.369 e. The van der Waals surface area contributed by atoms with Crippen LogP contribution in [0.3, 0.4) is 0 Å². The summed E-state index contributed by atoms with van der Waals surface area (Å²) in [7, 11) is 0. The molecule has 1 aliphatic heterocycles. The fourth-order valence-electron chi connectivity index (χ4n) is 3.23. The van der Waals surface area contributed by atoms with E-state index in [2.05, 4.69) is 15.6 Å². The summed E-state index contributed by atoms with van der Waals surface area (Å²) in [4.78, 5) is 51.9. The highest BCUT2D eigenvalue weighted by molar-refractivity contribution is 6.35. The molecule has 1 aromatic heterocycles. The van der Waals surface area contributed by atoms with Gasteiger partial charge in [-0.15, -0.1) is 0 Å². The maximum absolute atomic E-state index is 12.2. The van der Waals surface area contributed by atoms with Gasteiger partial charge in [0.05, 0.1) is 0 Å². The minimum atomic E-state index is -0.725. The van der Waals surface area contributed by atoms with Crippen LogP contribution in [0.5, 0.6) is 0 Å². The lowest BCUT2D eigenvalue weighted by molar-refractivity contribution is -0.147. The summed E-state index contributed by atoms with van der Waals surface area (Å²) in [6, 6.07) is 9.30. The Balaban J connectivity index is 1.39. The molecule has 4 amide bonds. The highest BCUT2D eigenvalue weighted by Gasteiger charge is 2.28. The Morgan fingerprint density at radius 3 is 2.43 bits per heavy atom. The number of hydrogen-bond acceptors (Lipinski definition) is 4. The number of piperidine rings is 1. The zero-order chi connectivity index (χ0) is 20.1. The molecule has 0 unspecified atom stereocenters. The molecule has 148 valence electrons. The molecule has 0 aliphatic carbocycles. The highest BCUT2D eigenvalue weighted by atomic mass is 16.2. The number of fused-ring (bicyclic) bond motifs is 1. The zero-order valence-corrected chi connectivity index (χ0v) is 15.4. The third-order valence-corrected chi connectivity index (χ3v) is 4.85. The van der Waals surface area contributed by atoms with Gasteiger partial charge in [0.25, 0.3) is 5.91 Å². The maximum Gasteiger partial charge on any atom is 0.311 e. The summed E-state index contributed by atoms with van der Waals surface area (Å²) in [5.41, 5.74) is 6.56. The number of rotatable bonds is 5. The second kappa shape index (κ2) is 8.55. The van der Waals surface area contributed by atoms with E-state index in [9.17, 15) is 19.2 Å². The molecule has 0 saturated carbocycles. The summed E-state index contributed by atoms with van der Waals surface area (Å²) in [5.74, 6) is -2.26. The predicted octanol–water partition coefficient (Wildman–Crippen LogP) is -0.262. The molecule has 2 heterocycles. The molecule has 0 bridgehead atoms. The Morgan fingerprint density at radius 2 is 1.75 bits per heavy atom. The molecular formula is C19H23N5O4. The molecular weight excluding hydrogens is 362 g/mol. The van der Waals surface area contributed by atoms with Crippen molar-refractivity contribution < 1.29 is 19.2 Å². The van der Waals surface area contributed by atoms with E-state index in [4.69, 9.17) is 5.73 Å². The minimum absolute atomic E-state index is 0.133. The first kappa shape index (κ1) is 19.4. The summed E-state index contributed by atoms with van der Waals surface area (Å²) < 4.78 is 0. The van der Waals surface area contributed by atoms with Gasteiger partial charge in [-0.2, -0.15) is 0 Å². The third-order valence-electron chi connectivity index (χ3n) is 4.85. The second-order valence-corrected chi connectivity index (χ2v) is 6.75. The van der Waals surface area contributed by atoms with Gasteiger partial charge in [-0.1, -0.05) is 18.2 Å². The first-order valence-electron chi connectivity index (χ1n) is 9.18. The molecule has 5 N–H and O–H groups in total. The SMILES string of the molecule is NC(=O)C1CCN(C(=O)C(=O)NCCNC(=O)c2cc3ccccc3[nH]2)CC1. The number of hydrogen-bond donors (Lipinski definition) is 4. The van der Waals surface area contributed by atoms with E-state index in [1.807, 2.05) is 24.3 Å². The Kier molecular flexibility index (Phi) is 5.93. The predicted molar refractivity (Wildman–Crippen MR) is 102 cm³/mol. The van der Waals surface area contributed by atoms with E-state index in [1.54, 1.807) is 6.07 Å². The maximum atomic E-state index is 12.2. The van der Waals surface area contributed by atoms with Crippen LogP contribution in [0.2, 0.25) is 0 Å².